The lowest BCUT2D eigenvalue weighted by molar-refractivity contribution is 0.146. The van der Waals surface area contributed by atoms with Gasteiger partial charge in [0.25, 0.3) is 0 Å². The number of hydroxylamine groups is 4. The second-order valence-corrected chi connectivity index (χ2v) is 2.65. The summed E-state index contributed by atoms with van der Waals surface area (Å²) in [4.78, 5) is 10.3. The zero-order valence-electron chi connectivity index (χ0n) is 4.53. The van der Waals surface area contributed by atoms with Gasteiger partial charge in [-0.2, -0.15) is 0 Å². The van der Waals surface area contributed by atoms with Gasteiger partial charge >= 0.3 is 11.8 Å². The molecule has 4 unspecified atom stereocenters. The van der Waals surface area contributed by atoms with Crippen molar-refractivity contribution in [2.45, 2.75) is 11.8 Å². The van der Waals surface area contributed by atoms with E-state index in [0.717, 1.165) is 13.1 Å². The SMILES string of the molecule is C1CN2OC23OC32ON12. The molecule has 9 heavy (non-hydrogen) atoms. The number of rotatable bonds is 0. The second-order valence-electron chi connectivity index (χ2n) is 2.65. The standard InChI is InChI=1S/C4H4N2O3/c1-2-6-4(9-6)3(7-4)5(1)8-3/h1-2H2. The molecule has 0 bridgehead atoms. The molecule has 0 N–H and O–H groups in total. The zero-order valence-corrected chi connectivity index (χ0v) is 4.53. The lowest BCUT2D eigenvalue weighted by Crippen LogP contribution is -2.24. The molecule has 4 heterocycles. The van der Waals surface area contributed by atoms with Gasteiger partial charge in [0.15, 0.2) is 0 Å². The van der Waals surface area contributed by atoms with Crippen molar-refractivity contribution >= 4 is 0 Å². The van der Waals surface area contributed by atoms with Crippen molar-refractivity contribution in [2.24, 2.45) is 0 Å². The highest BCUT2D eigenvalue weighted by Crippen LogP contribution is 2.73. The van der Waals surface area contributed by atoms with E-state index in [0.29, 0.717) is 0 Å². The fourth-order valence-corrected chi connectivity index (χ4v) is 1.56. The molecule has 4 fully saturated rings. The van der Waals surface area contributed by atoms with Crippen LogP contribution in [0.3, 0.4) is 0 Å². The van der Waals surface area contributed by atoms with Crippen molar-refractivity contribution in [3.05, 3.63) is 0 Å². The molecular formula is C4H4N2O3. The molecule has 0 amide bonds. The highest BCUT2D eigenvalue weighted by molar-refractivity contribution is 5.14. The van der Waals surface area contributed by atoms with Crippen molar-refractivity contribution < 1.29 is 14.4 Å². The van der Waals surface area contributed by atoms with Crippen molar-refractivity contribution in [2.75, 3.05) is 13.1 Å². The van der Waals surface area contributed by atoms with Crippen LogP contribution < -0.4 is 0 Å². The molecular weight excluding hydrogens is 124 g/mol. The van der Waals surface area contributed by atoms with Crippen molar-refractivity contribution in [1.82, 2.24) is 10.1 Å². The minimum Gasteiger partial charge on any atom is -0.273 e. The molecule has 4 saturated heterocycles. The number of nitrogens with zero attached hydrogens (tertiary/aromatic N) is 2. The van der Waals surface area contributed by atoms with Crippen LogP contribution in [0.5, 0.6) is 0 Å². The Hall–Kier alpha value is -0.200. The van der Waals surface area contributed by atoms with Crippen LogP contribution in [-0.4, -0.2) is 35.0 Å². The molecule has 5 heteroatoms. The Bertz CT molecular complexity index is 196. The first-order chi connectivity index (χ1) is 4.37. The summed E-state index contributed by atoms with van der Waals surface area (Å²) >= 11 is 0. The molecule has 5 nitrogen and oxygen atoms in total. The Morgan fingerprint density at radius 3 is 2.11 bits per heavy atom. The first-order valence-electron chi connectivity index (χ1n) is 3.01. The van der Waals surface area contributed by atoms with Gasteiger partial charge in [-0.05, 0) is 0 Å². The third kappa shape index (κ3) is 0.205. The molecule has 0 aromatic heterocycles. The summed E-state index contributed by atoms with van der Waals surface area (Å²) in [5.74, 6) is -0.878. The molecule has 0 aliphatic carbocycles. The highest BCUT2D eigenvalue weighted by Gasteiger charge is 3.01. The molecule has 4 aliphatic heterocycles. The van der Waals surface area contributed by atoms with E-state index in [4.69, 9.17) is 14.4 Å². The van der Waals surface area contributed by atoms with Crippen LogP contribution in [0.2, 0.25) is 0 Å². The van der Waals surface area contributed by atoms with Crippen LogP contribution in [0.4, 0.5) is 0 Å². The highest BCUT2D eigenvalue weighted by atomic mass is 17.2. The third-order valence-electron chi connectivity index (χ3n) is 2.20. The number of hydrogen-bond donors (Lipinski definition) is 0. The summed E-state index contributed by atoms with van der Waals surface area (Å²) in [6.07, 6.45) is 0. The van der Waals surface area contributed by atoms with Gasteiger partial charge < -0.3 is 0 Å². The zero-order chi connectivity index (χ0) is 5.69. The van der Waals surface area contributed by atoms with E-state index < -0.39 is 11.8 Å². The summed E-state index contributed by atoms with van der Waals surface area (Å²) in [6.45, 7) is 1.78. The van der Waals surface area contributed by atoms with Gasteiger partial charge in [0.2, 0.25) is 0 Å². The molecule has 4 rings (SSSR count). The molecule has 0 radical (unpaired) electrons. The van der Waals surface area contributed by atoms with Crippen LogP contribution in [0.1, 0.15) is 0 Å². The first kappa shape index (κ1) is 3.85. The lowest BCUT2D eigenvalue weighted by atomic mass is 10.4. The number of hydrogen-bond acceptors (Lipinski definition) is 5. The van der Waals surface area contributed by atoms with Gasteiger partial charge in [-0.25, -0.2) is 9.68 Å². The van der Waals surface area contributed by atoms with Crippen LogP contribution in [0.25, 0.3) is 0 Å². The van der Waals surface area contributed by atoms with Gasteiger partial charge in [-0.3, -0.25) is 4.74 Å². The summed E-state index contributed by atoms with van der Waals surface area (Å²) in [5, 5.41) is 3.63. The largest absolute Gasteiger partial charge is 0.349 e. The number of piperazine rings is 1. The summed E-state index contributed by atoms with van der Waals surface area (Å²) in [7, 11) is 0. The predicted molar refractivity (Wildman–Crippen MR) is 22.1 cm³/mol. The van der Waals surface area contributed by atoms with Crippen molar-refractivity contribution in [3.63, 3.8) is 0 Å². The Balaban J connectivity index is 1.93. The van der Waals surface area contributed by atoms with Crippen LogP contribution >= 0.6 is 0 Å². The average Bonchev–Trinajstić information content (AvgIpc) is 2.53. The Morgan fingerprint density at radius 2 is 1.56 bits per heavy atom. The van der Waals surface area contributed by atoms with Gasteiger partial charge in [0.1, 0.15) is 0 Å². The minimum atomic E-state index is -0.439. The van der Waals surface area contributed by atoms with Crippen molar-refractivity contribution in [1.29, 1.82) is 0 Å². The molecule has 0 saturated carbocycles. The Kier molecular flexibility index (Phi) is 0.296. The van der Waals surface area contributed by atoms with Gasteiger partial charge in [-0.1, -0.05) is 0 Å². The summed E-state index contributed by atoms with van der Waals surface area (Å²) in [6, 6.07) is 0. The van der Waals surface area contributed by atoms with E-state index in [1.165, 1.54) is 0 Å². The molecule has 0 aromatic carbocycles. The van der Waals surface area contributed by atoms with Gasteiger partial charge in [0, 0.05) is 13.1 Å². The second kappa shape index (κ2) is 0.694. The van der Waals surface area contributed by atoms with E-state index in [2.05, 4.69) is 0 Å². The normalized spacial score (nSPS) is 80.0. The van der Waals surface area contributed by atoms with Crippen LogP contribution in [0, 0.1) is 0 Å². The van der Waals surface area contributed by atoms with E-state index in [9.17, 15) is 0 Å². The summed E-state index contributed by atoms with van der Waals surface area (Å²) < 4.78 is 5.21. The monoisotopic (exact) mass is 128 g/mol. The maximum Gasteiger partial charge on any atom is 0.349 e. The smallest absolute Gasteiger partial charge is 0.273 e. The topological polar surface area (TPSA) is 43.6 Å². The van der Waals surface area contributed by atoms with E-state index in [-0.39, 0.29) is 0 Å². The van der Waals surface area contributed by atoms with Crippen LogP contribution in [-0.2, 0) is 14.4 Å². The van der Waals surface area contributed by atoms with Crippen LogP contribution in [0.15, 0.2) is 0 Å². The van der Waals surface area contributed by atoms with Gasteiger partial charge in [-0.15, -0.1) is 10.1 Å². The maximum absolute atomic E-state index is 5.21. The first-order valence-corrected chi connectivity index (χ1v) is 3.01. The Morgan fingerprint density at radius 1 is 1.00 bits per heavy atom. The fraction of sp³-hybridized carbons (Fsp3) is 1.00. The molecule has 48 valence electrons. The van der Waals surface area contributed by atoms with Crippen molar-refractivity contribution in [3.8, 4) is 0 Å². The maximum atomic E-state index is 5.21. The van der Waals surface area contributed by atoms with Gasteiger partial charge in [0.05, 0.1) is 0 Å². The quantitative estimate of drug-likeness (QED) is 0.385. The molecule has 4 atom stereocenters. The summed E-state index contributed by atoms with van der Waals surface area (Å²) in [5.41, 5.74) is 0. The van der Waals surface area contributed by atoms with E-state index in [1.54, 1.807) is 0 Å². The molecule has 4 aliphatic rings. The molecule has 0 aromatic rings. The average molecular weight is 128 g/mol. The van der Waals surface area contributed by atoms with E-state index >= 15 is 0 Å². The third-order valence-corrected chi connectivity index (χ3v) is 2.20. The predicted octanol–water partition coefficient (Wildman–Crippen LogP) is -1.17. The number of epoxide rings is 1. The minimum absolute atomic E-state index is 0.439. The molecule has 2 spiro atoms. The Labute approximate surface area is 50.6 Å². The fourth-order valence-electron chi connectivity index (χ4n) is 1.56. The van der Waals surface area contributed by atoms with E-state index in [1.807, 2.05) is 10.1 Å². The lowest BCUT2D eigenvalue weighted by Gasteiger charge is -1.95. The number of ether oxygens (including phenoxy) is 1.